The second kappa shape index (κ2) is 8.08. The maximum absolute atomic E-state index is 12.5. The zero-order valence-corrected chi connectivity index (χ0v) is 16.2. The van der Waals surface area contributed by atoms with Crippen LogP contribution in [0.1, 0.15) is 27.2 Å². The molecule has 1 aromatic heterocycles. The van der Waals surface area contributed by atoms with Gasteiger partial charge in [0.2, 0.25) is 5.91 Å². The molecule has 0 radical (unpaired) electrons. The summed E-state index contributed by atoms with van der Waals surface area (Å²) in [6, 6.07) is 6.58. The third-order valence-corrected chi connectivity index (χ3v) is 5.07. The van der Waals surface area contributed by atoms with Gasteiger partial charge in [0.1, 0.15) is 6.54 Å². The van der Waals surface area contributed by atoms with E-state index in [9.17, 15) is 14.4 Å². The van der Waals surface area contributed by atoms with Crippen LogP contribution in [0.3, 0.4) is 0 Å². The molecule has 1 aliphatic heterocycles. The monoisotopic (exact) mass is 372 g/mol. The molecule has 146 valence electrons. The fraction of sp³-hybridized carbons (Fsp3) is 0.550. The van der Waals surface area contributed by atoms with E-state index in [1.807, 2.05) is 6.92 Å². The number of aromatic amines is 1. The SMILES string of the molecule is CC1CC(C)CN(CC(C)NC(=O)Cn2[nH]c(=O)c3ccccc3c2=O)C1. The Bertz CT molecular complexity index is 923. The highest BCUT2D eigenvalue weighted by atomic mass is 16.2. The van der Waals surface area contributed by atoms with Crippen molar-refractivity contribution >= 4 is 16.7 Å². The van der Waals surface area contributed by atoms with Gasteiger partial charge in [-0.05, 0) is 37.3 Å². The Kier molecular flexibility index (Phi) is 5.79. The van der Waals surface area contributed by atoms with Crippen LogP contribution < -0.4 is 16.4 Å². The highest BCUT2D eigenvalue weighted by Crippen LogP contribution is 2.20. The zero-order valence-electron chi connectivity index (χ0n) is 16.2. The number of aromatic nitrogens is 2. The molecule has 1 amide bonds. The van der Waals surface area contributed by atoms with Gasteiger partial charge in [0, 0.05) is 25.7 Å². The minimum Gasteiger partial charge on any atom is -0.351 e. The van der Waals surface area contributed by atoms with Crippen LogP contribution >= 0.6 is 0 Å². The summed E-state index contributed by atoms with van der Waals surface area (Å²) in [5.41, 5.74) is -0.742. The van der Waals surface area contributed by atoms with Crippen LogP contribution in [0.25, 0.3) is 10.8 Å². The van der Waals surface area contributed by atoms with Crippen LogP contribution in [0.2, 0.25) is 0 Å². The number of nitrogens with one attached hydrogen (secondary N) is 2. The number of carbonyl (C=O) groups excluding carboxylic acids is 1. The molecule has 2 aromatic rings. The molecule has 0 bridgehead atoms. The Morgan fingerprint density at radius 3 is 2.48 bits per heavy atom. The number of benzene rings is 1. The standard InChI is InChI=1S/C20H28N4O3/c1-13-8-14(2)10-23(9-13)11-15(3)21-18(25)12-24-20(27)17-7-5-4-6-16(17)19(26)22-24/h4-7,13-15H,8-12H2,1-3H3,(H,21,25)(H,22,26). The first kappa shape index (κ1) is 19.4. The highest BCUT2D eigenvalue weighted by molar-refractivity contribution is 5.81. The van der Waals surface area contributed by atoms with Gasteiger partial charge in [0.25, 0.3) is 11.1 Å². The first-order valence-electron chi connectivity index (χ1n) is 9.57. The summed E-state index contributed by atoms with van der Waals surface area (Å²) in [6.07, 6.45) is 1.25. The Morgan fingerprint density at radius 1 is 1.19 bits per heavy atom. The van der Waals surface area contributed by atoms with E-state index in [2.05, 4.69) is 29.2 Å². The average Bonchev–Trinajstić information content (AvgIpc) is 2.58. The van der Waals surface area contributed by atoms with Crippen LogP contribution in [0.15, 0.2) is 33.9 Å². The Balaban J connectivity index is 1.64. The minimum absolute atomic E-state index is 0.0297. The summed E-state index contributed by atoms with van der Waals surface area (Å²) in [5.74, 6) is 1.05. The number of rotatable bonds is 5. The van der Waals surface area contributed by atoms with Crippen molar-refractivity contribution in [2.24, 2.45) is 11.8 Å². The predicted molar refractivity (Wildman–Crippen MR) is 106 cm³/mol. The maximum atomic E-state index is 12.5. The Labute approximate surface area is 158 Å². The molecule has 3 unspecified atom stereocenters. The van der Waals surface area contributed by atoms with E-state index in [-0.39, 0.29) is 29.6 Å². The molecule has 7 heteroatoms. The molecule has 27 heavy (non-hydrogen) atoms. The van der Waals surface area contributed by atoms with Crippen molar-refractivity contribution in [1.82, 2.24) is 20.0 Å². The molecule has 2 heterocycles. The lowest BCUT2D eigenvalue weighted by molar-refractivity contribution is -0.122. The van der Waals surface area contributed by atoms with E-state index in [0.717, 1.165) is 24.3 Å². The van der Waals surface area contributed by atoms with E-state index in [1.54, 1.807) is 24.3 Å². The third kappa shape index (κ3) is 4.66. The van der Waals surface area contributed by atoms with E-state index < -0.39 is 0 Å². The summed E-state index contributed by atoms with van der Waals surface area (Å²) in [5, 5.41) is 6.08. The van der Waals surface area contributed by atoms with E-state index in [4.69, 9.17) is 0 Å². The molecule has 3 rings (SSSR count). The van der Waals surface area contributed by atoms with Crippen LogP contribution in [0, 0.1) is 11.8 Å². The van der Waals surface area contributed by atoms with Crippen molar-refractivity contribution < 1.29 is 4.79 Å². The molecular formula is C20H28N4O3. The van der Waals surface area contributed by atoms with Gasteiger partial charge < -0.3 is 10.2 Å². The van der Waals surface area contributed by atoms with Crippen molar-refractivity contribution in [1.29, 1.82) is 0 Å². The first-order valence-corrected chi connectivity index (χ1v) is 9.57. The van der Waals surface area contributed by atoms with Gasteiger partial charge in [-0.25, -0.2) is 4.68 Å². The van der Waals surface area contributed by atoms with Gasteiger partial charge >= 0.3 is 0 Å². The third-order valence-electron chi connectivity index (χ3n) is 5.07. The van der Waals surface area contributed by atoms with Crippen LogP contribution in [-0.2, 0) is 11.3 Å². The lowest BCUT2D eigenvalue weighted by Gasteiger charge is -2.36. The first-order chi connectivity index (χ1) is 12.8. The van der Waals surface area contributed by atoms with E-state index >= 15 is 0 Å². The fourth-order valence-corrected chi connectivity index (χ4v) is 4.20. The number of likely N-dealkylation sites (tertiary alicyclic amines) is 1. The van der Waals surface area contributed by atoms with Crippen molar-refractivity contribution in [3.8, 4) is 0 Å². The van der Waals surface area contributed by atoms with Crippen LogP contribution in [0.4, 0.5) is 0 Å². The van der Waals surface area contributed by atoms with Gasteiger partial charge in [0.05, 0.1) is 10.8 Å². The maximum Gasteiger partial charge on any atom is 0.273 e. The number of fused-ring (bicyclic) bond motifs is 1. The predicted octanol–water partition coefficient (Wildman–Crippen LogP) is 1.17. The van der Waals surface area contributed by atoms with E-state index in [0.29, 0.717) is 22.6 Å². The molecule has 0 aliphatic carbocycles. The molecule has 7 nitrogen and oxygen atoms in total. The van der Waals surface area contributed by atoms with Gasteiger partial charge in [-0.3, -0.25) is 19.5 Å². The normalized spacial score (nSPS) is 21.9. The molecule has 1 saturated heterocycles. The molecule has 1 aromatic carbocycles. The second-order valence-electron chi connectivity index (χ2n) is 8.01. The smallest absolute Gasteiger partial charge is 0.273 e. The van der Waals surface area contributed by atoms with Gasteiger partial charge in [0.15, 0.2) is 0 Å². The number of piperidine rings is 1. The minimum atomic E-state index is -0.373. The summed E-state index contributed by atoms with van der Waals surface area (Å²) < 4.78 is 1.08. The summed E-state index contributed by atoms with van der Waals surface area (Å²) >= 11 is 0. The zero-order chi connectivity index (χ0) is 19.6. The van der Waals surface area contributed by atoms with Crippen molar-refractivity contribution in [3.63, 3.8) is 0 Å². The molecule has 1 aliphatic rings. The Hall–Kier alpha value is -2.41. The number of H-pyrrole nitrogens is 1. The molecule has 0 saturated carbocycles. The quantitative estimate of drug-likeness (QED) is 0.825. The molecule has 1 fully saturated rings. The van der Waals surface area contributed by atoms with Gasteiger partial charge in [-0.1, -0.05) is 26.0 Å². The van der Waals surface area contributed by atoms with Crippen LogP contribution in [-0.4, -0.2) is 46.3 Å². The molecule has 2 N–H and O–H groups in total. The topological polar surface area (TPSA) is 87.2 Å². The number of carbonyl (C=O) groups is 1. The summed E-state index contributed by atoms with van der Waals surface area (Å²) in [4.78, 5) is 39.4. The number of nitrogens with zero attached hydrogens (tertiary/aromatic N) is 2. The average molecular weight is 372 g/mol. The van der Waals surface area contributed by atoms with Crippen molar-refractivity contribution in [3.05, 3.63) is 45.0 Å². The van der Waals surface area contributed by atoms with Gasteiger partial charge in [-0.15, -0.1) is 0 Å². The van der Waals surface area contributed by atoms with Crippen molar-refractivity contribution in [2.75, 3.05) is 19.6 Å². The van der Waals surface area contributed by atoms with Crippen LogP contribution in [0.5, 0.6) is 0 Å². The van der Waals surface area contributed by atoms with Gasteiger partial charge in [-0.2, -0.15) is 0 Å². The van der Waals surface area contributed by atoms with Crippen molar-refractivity contribution in [2.45, 2.75) is 39.8 Å². The summed E-state index contributed by atoms with van der Waals surface area (Å²) in [7, 11) is 0. The Morgan fingerprint density at radius 2 is 1.81 bits per heavy atom. The largest absolute Gasteiger partial charge is 0.351 e. The second-order valence-corrected chi connectivity index (χ2v) is 8.01. The van der Waals surface area contributed by atoms with E-state index in [1.165, 1.54) is 6.42 Å². The molecular weight excluding hydrogens is 344 g/mol. The fourth-order valence-electron chi connectivity index (χ4n) is 4.20. The number of amides is 1. The molecule has 3 atom stereocenters. The lowest BCUT2D eigenvalue weighted by Crippen LogP contribution is -2.48. The summed E-state index contributed by atoms with van der Waals surface area (Å²) in [6.45, 7) is 9.15. The number of hydrogen-bond acceptors (Lipinski definition) is 4. The molecule has 0 spiro atoms. The highest BCUT2D eigenvalue weighted by Gasteiger charge is 2.23. The lowest BCUT2D eigenvalue weighted by atomic mass is 9.92. The number of hydrogen-bond donors (Lipinski definition) is 2.